The summed E-state index contributed by atoms with van der Waals surface area (Å²) in [5.74, 6) is -0.230. The molecule has 108 heavy (non-hydrogen) atoms. The van der Waals surface area contributed by atoms with Crippen molar-refractivity contribution in [1.29, 1.82) is 0 Å². The molecule has 19 heteroatoms. The van der Waals surface area contributed by atoms with Crippen molar-refractivity contribution in [2.75, 3.05) is 26.4 Å². The lowest BCUT2D eigenvalue weighted by Crippen LogP contribution is -2.66. The molecule has 19 nitrogen and oxygen atoms in total. The standard InChI is InChI=1S/C89H173NO18/c1-3-5-7-9-11-13-15-17-19-21-23-25-27-29-31-33-35-36-37-39-41-43-45-47-49-51-53-55-57-59-61-63-65-67-77(95)90-72(73(94)66-64-62-60-58-56-54-52-50-48-46-44-42-40-38-34-32-30-28-26-24-22-20-18-16-14-12-10-8-6-4-2)71-103-87-83(101)80(98)85(75(69-92)105-87)108-89-84(102)81(99)86(76(70-93)106-89)107-88-82(100)79(97)78(96)74(68-91)104-88/h72-76,78-89,91-94,96-102H,3-71H2,1-2H3,(H,90,95). The normalized spacial score (nSPS) is 25.3. The van der Waals surface area contributed by atoms with Gasteiger partial charge in [0.1, 0.15) is 73.2 Å². The highest BCUT2D eigenvalue weighted by atomic mass is 16.8. The van der Waals surface area contributed by atoms with Gasteiger partial charge in [-0.25, -0.2) is 0 Å². The van der Waals surface area contributed by atoms with E-state index < -0.39 is 124 Å². The van der Waals surface area contributed by atoms with Gasteiger partial charge in [-0.3, -0.25) is 4.79 Å². The minimum Gasteiger partial charge on any atom is -0.394 e. The van der Waals surface area contributed by atoms with Gasteiger partial charge in [0.25, 0.3) is 0 Å². The van der Waals surface area contributed by atoms with Crippen molar-refractivity contribution >= 4 is 5.91 Å². The van der Waals surface area contributed by atoms with E-state index in [2.05, 4.69) is 19.2 Å². The Balaban J connectivity index is 1.31. The largest absolute Gasteiger partial charge is 0.394 e. The minimum absolute atomic E-state index is 0.230. The molecule has 12 N–H and O–H groups in total. The van der Waals surface area contributed by atoms with Crippen LogP contribution in [0.4, 0.5) is 0 Å². The molecular weight excluding hydrogens is 1370 g/mol. The van der Waals surface area contributed by atoms with Crippen LogP contribution in [-0.2, 0) is 33.2 Å². The fraction of sp³-hybridized carbons (Fsp3) is 0.989. The van der Waals surface area contributed by atoms with E-state index in [0.29, 0.717) is 12.8 Å². The van der Waals surface area contributed by atoms with Crippen molar-refractivity contribution in [3.05, 3.63) is 0 Å². The van der Waals surface area contributed by atoms with Crippen LogP contribution in [-0.4, -0.2) is 193 Å². The van der Waals surface area contributed by atoms with Crippen molar-refractivity contribution in [3.8, 4) is 0 Å². The zero-order chi connectivity index (χ0) is 78.1. The zero-order valence-corrected chi connectivity index (χ0v) is 69.4. The van der Waals surface area contributed by atoms with E-state index in [1.165, 1.54) is 353 Å². The van der Waals surface area contributed by atoms with Gasteiger partial charge in [0, 0.05) is 6.42 Å². The molecule has 3 fully saturated rings. The van der Waals surface area contributed by atoms with E-state index in [4.69, 9.17) is 28.4 Å². The Morgan fingerprint density at radius 3 is 0.806 bits per heavy atom. The molecule has 3 aliphatic rings. The number of carbonyl (C=O) groups excluding carboxylic acids is 1. The van der Waals surface area contributed by atoms with E-state index in [9.17, 15) is 61.0 Å². The van der Waals surface area contributed by atoms with Crippen LogP contribution in [0.2, 0.25) is 0 Å². The lowest BCUT2D eigenvalue weighted by Gasteiger charge is -2.48. The molecule has 0 aliphatic carbocycles. The highest BCUT2D eigenvalue weighted by Gasteiger charge is 2.54. The molecule has 17 atom stereocenters. The second kappa shape index (κ2) is 70.0. The Kier molecular flexibility index (Phi) is 65.5. The number of hydrogen-bond acceptors (Lipinski definition) is 18. The summed E-state index contributed by atoms with van der Waals surface area (Å²) in [4.78, 5) is 13.5. The summed E-state index contributed by atoms with van der Waals surface area (Å²) in [6.07, 6.45) is 58.0. The van der Waals surface area contributed by atoms with Gasteiger partial charge in [-0.2, -0.15) is 0 Å². The van der Waals surface area contributed by atoms with E-state index in [0.717, 1.165) is 44.9 Å². The first-order valence-electron chi connectivity index (χ1n) is 46.3. The highest BCUT2D eigenvalue weighted by molar-refractivity contribution is 5.76. The van der Waals surface area contributed by atoms with Gasteiger partial charge in [-0.05, 0) is 12.8 Å². The number of nitrogens with one attached hydrogen (secondary N) is 1. The highest BCUT2D eigenvalue weighted by Crippen LogP contribution is 2.34. The lowest BCUT2D eigenvalue weighted by molar-refractivity contribution is -0.379. The maximum Gasteiger partial charge on any atom is 0.220 e. The number of aliphatic hydroxyl groups is 11. The molecule has 0 radical (unpaired) electrons. The van der Waals surface area contributed by atoms with E-state index in [1.807, 2.05) is 0 Å². The number of hydrogen-bond donors (Lipinski definition) is 12. The van der Waals surface area contributed by atoms with Gasteiger partial charge in [0.05, 0.1) is 38.6 Å². The Labute approximate surface area is 659 Å². The third-order valence-electron chi connectivity index (χ3n) is 23.7. The predicted molar refractivity (Wildman–Crippen MR) is 434 cm³/mol. The second-order valence-corrected chi connectivity index (χ2v) is 33.5. The van der Waals surface area contributed by atoms with E-state index in [1.54, 1.807) is 0 Å². The van der Waals surface area contributed by atoms with E-state index >= 15 is 0 Å². The first-order chi connectivity index (χ1) is 52.8. The smallest absolute Gasteiger partial charge is 0.220 e. The topological polar surface area (TPSA) is 307 Å². The van der Waals surface area contributed by atoms with Crippen molar-refractivity contribution in [2.45, 2.75) is 535 Å². The van der Waals surface area contributed by atoms with Gasteiger partial charge in [-0.15, -0.1) is 0 Å². The molecule has 3 heterocycles. The Hall–Kier alpha value is -1.21. The fourth-order valence-corrected chi connectivity index (χ4v) is 16.3. The summed E-state index contributed by atoms with van der Waals surface area (Å²) in [6, 6.07) is -0.885. The molecule has 3 rings (SSSR count). The maximum atomic E-state index is 13.5. The van der Waals surface area contributed by atoms with Crippen molar-refractivity contribution < 1.29 is 89.4 Å². The summed E-state index contributed by atoms with van der Waals surface area (Å²) in [5, 5.41) is 121. The third-order valence-corrected chi connectivity index (χ3v) is 23.7. The van der Waals surface area contributed by atoms with Crippen LogP contribution in [0.25, 0.3) is 0 Å². The van der Waals surface area contributed by atoms with Gasteiger partial charge in [0.15, 0.2) is 18.9 Å². The average Bonchev–Trinajstić information content (AvgIpc) is 0.779. The summed E-state index contributed by atoms with van der Waals surface area (Å²) in [5.41, 5.74) is 0. The van der Waals surface area contributed by atoms with Crippen LogP contribution in [0.3, 0.4) is 0 Å². The summed E-state index contributed by atoms with van der Waals surface area (Å²) >= 11 is 0. The monoisotopic (exact) mass is 1540 g/mol. The number of unbranched alkanes of at least 4 members (excludes halogenated alkanes) is 61. The quantitative estimate of drug-likeness (QED) is 0.0252. The molecule has 642 valence electrons. The number of aliphatic hydroxyl groups excluding tert-OH is 11. The molecule has 0 aromatic rings. The van der Waals surface area contributed by atoms with Crippen molar-refractivity contribution in [2.24, 2.45) is 0 Å². The molecule has 0 bridgehead atoms. The molecule has 17 unspecified atom stereocenters. The number of ether oxygens (including phenoxy) is 6. The van der Waals surface area contributed by atoms with Crippen LogP contribution >= 0.6 is 0 Å². The van der Waals surface area contributed by atoms with Crippen molar-refractivity contribution in [3.63, 3.8) is 0 Å². The van der Waals surface area contributed by atoms with E-state index in [-0.39, 0.29) is 18.9 Å². The van der Waals surface area contributed by atoms with Crippen LogP contribution in [0, 0.1) is 0 Å². The van der Waals surface area contributed by atoms with Crippen LogP contribution in [0.15, 0.2) is 0 Å². The average molecular weight is 1550 g/mol. The summed E-state index contributed by atoms with van der Waals surface area (Å²) in [7, 11) is 0. The molecule has 3 aliphatic heterocycles. The molecule has 0 aromatic heterocycles. The maximum absolute atomic E-state index is 13.5. The molecule has 1 amide bonds. The second-order valence-electron chi connectivity index (χ2n) is 33.5. The van der Waals surface area contributed by atoms with Gasteiger partial charge < -0.3 is 89.9 Å². The third kappa shape index (κ3) is 48.4. The fourth-order valence-electron chi connectivity index (χ4n) is 16.3. The van der Waals surface area contributed by atoms with Crippen LogP contribution in [0.5, 0.6) is 0 Å². The molecule has 0 saturated carbocycles. The Morgan fingerprint density at radius 2 is 0.528 bits per heavy atom. The summed E-state index contributed by atoms with van der Waals surface area (Å²) < 4.78 is 34.6. The van der Waals surface area contributed by atoms with Crippen molar-refractivity contribution in [1.82, 2.24) is 5.32 Å². The zero-order valence-electron chi connectivity index (χ0n) is 69.4. The molecular formula is C89H173NO18. The van der Waals surface area contributed by atoms with Crippen LogP contribution in [0.1, 0.15) is 431 Å². The SMILES string of the molecule is CCCCCCCCCCCCCCCCCCCCCCCCCCCCCCCCCCCC(=O)NC(COC1OC(CO)C(OC2OC(CO)C(OC3OC(CO)C(O)C(O)C3O)C(O)C2O)C(O)C1O)C(O)CCCCCCCCCCCCCCCCCCCCCCCCCCCCCCCC. The van der Waals surface area contributed by atoms with Gasteiger partial charge in [0.2, 0.25) is 5.91 Å². The number of rotatable bonds is 77. The first kappa shape index (κ1) is 101. The van der Waals surface area contributed by atoms with Gasteiger partial charge >= 0.3 is 0 Å². The number of carbonyl (C=O) groups is 1. The summed E-state index contributed by atoms with van der Waals surface area (Å²) in [6.45, 7) is 1.90. The lowest BCUT2D eigenvalue weighted by atomic mass is 9.96. The predicted octanol–water partition coefficient (Wildman–Crippen LogP) is 17.7. The molecule has 3 saturated heterocycles. The minimum atomic E-state index is -1.97. The van der Waals surface area contributed by atoms with Crippen LogP contribution < -0.4 is 5.32 Å². The molecule has 0 aromatic carbocycles. The Morgan fingerprint density at radius 1 is 0.296 bits per heavy atom. The number of amides is 1. The van der Waals surface area contributed by atoms with Gasteiger partial charge in [-0.1, -0.05) is 412 Å². The molecule has 0 spiro atoms. The Bertz CT molecular complexity index is 1940. The first-order valence-corrected chi connectivity index (χ1v) is 46.3.